The highest BCUT2D eigenvalue weighted by Gasteiger charge is 1.99. The lowest BCUT2D eigenvalue weighted by Gasteiger charge is -2.02. The first-order chi connectivity index (χ1) is 4.35. The summed E-state index contributed by atoms with van der Waals surface area (Å²) in [5, 5.41) is 6.90. The van der Waals surface area contributed by atoms with Crippen molar-refractivity contribution in [2.45, 2.75) is 26.2 Å². The van der Waals surface area contributed by atoms with Crippen LogP contribution in [0.1, 0.15) is 26.2 Å². The highest BCUT2D eigenvalue weighted by molar-refractivity contribution is 5.58. The Hall–Kier alpha value is -0.660. The van der Waals surface area contributed by atoms with Gasteiger partial charge in [-0.25, -0.2) is 0 Å². The molecule has 9 heavy (non-hydrogen) atoms. The molecular formula is C7H13NO. The minimum Gasteiger partial charge on any atom is -0.313 e. The van der Waals surface area contributed by atoms with Gasteiger partial charge in [-0.2, -0.15) is 0 Å². The van der Waals surface area contributed by atoms with E-state index < -0.39 is 0 Å². The van der Waals surface area contributed by atoms with E-state index in [4.69, 9.17) is 5.41 Å². The lowest BCUT2D eigenvalue weighted by atomic mass is 10.0. The summed E-state index contributed by atoms with van der Waals surface area (Å²) in [4.78, 5) is 9.87. The molecule has 0 bridgehead atoms. The van der Waals surface area contributed by atoms with E-state index >= 15 is 0 Å². The van der Waals surface area contributed by atoms with Crippen molar-refractivity contribution in [1.29, 1.82) is 5.41 Å². The van der Waals surface area contributed by atoms with Gasteiger partial charge in [-0.3, -0.25) is 0 Å². The maximum Gasteiger partial charge on any atom is 0.120 e. The molecule has 52 valence electrons. The fraction of sp³-hybridized carbons (Fsp3) is 0.714. The summed E-state index contributed by atoms with van der Waals surface area (Å²) in [5.74, 6) is 0.315. The molecule has 0 saturated carbocycles. The van der Waals surface area contributed by atoms with Crippen molar-refractivity contribution < 1.29 is 4.79 Å². The van der Waals surface area contributed by atoms with Gasteiger partial charge in [0.05, 0.1) is 0 Å². The van der Waals surface area contributed by atoms with Crippen LogP contribution in [0.15, 0.2) is 0 Å². The van der Waals surface area contributed by atoms with Gasteiger partial charge in [0.1, 0.15) is 6.29 Å². The monoisotopic (exact) mass is 127 g/mol. The molecule has 0 radical (unpaired) electrons. The fourth-order valence-corrected chi connectivity index (χ4v) is 0.687. The van der Waals surface area contributed by atoms with Gasteiger partial charge in [0, 0.05) is 6.42 Å². The van der Waals surface area contributed by atoms with Gasteiger partial charge in [-0.1, -0.05) is 6.92 Å². The Balaban J connectivity index is 3.30. The van der Waals surface area contributed by atoms with Gasteiger partial charge in [0.25, 0.3) is 0 Å². The summed E-state index contributed by atoms with van der Waals surface area (Å²) in [5.41, 5.74) is 0. The Labute approximate surface area is 55.8 Å². The SMILES string of the molecule is CCC(C=N)CCC=O. The summed E-state index contributed by atoms with van der Waals surface area (Å²) < 4.78 is 0. The lowest BCUT2D eigenvalue weighted by molar-refractivity contribution is -0.108. The van der Waals surface area contributed by atoms with E-state index in [1.165, 1.54) is 6.21 Å². The Morgan fingerprint density at radius 3 is 2.67 bits per heavy atom. The van der Waals surface area contributed by atoms with Gasteiger partial charge >= 0.3 is 0 Å². The van der Waals surface area contributed by atoms with E-state index in [9.17, 15) is 4.79 Å². The molecule has 0 heterocycles. The number of nitrogens with one attached hydrogen (secondary N) is 1. The second kappa shape index (κ2) is 5.48. The predicted octanol–water partition coefficient (Wildman–Crippen LogP) is 1.64. The van der Waals surface area contributed by atoms with Crippen LogP contribution in [0, 0.1) is 11.3 Å². The van der Waals surface area contributed by atoms with Crippen molar-refractivity contribution >= 4 is 12.5 Å². The van der Waals surface area contributed by atoms with Crippen molar-refractivity contribution in [2.24, 2.45) is 5.92 Å². The lowest BCUT2D eigenvalue weighted by Crippen LogP contribution is -1.98. The second-order valence-electron chi connectivity index (χ2n) is 2.08. The Morgan fingerprint density at radius 1 is 1.67 bits per heavy atom. The summed E-state index contributed by atoms with van der Waals surface area (Å²) in [6, 6.07) is 0. The highest BCUT2D eigenvalue weighted by atomic mass is 16.1. The van der Waals surface area contributed by atoms with E-state index in [0.29, 0.717) is 12.3 Å². The van der Waals surface area contributed by atoms with Crippen LogP contribution in [0.3, 0.4) is 0 Å². The van der Waals surface area contributed by atoms with Crippen LogP contribution in [0.25, 0.3) is 0 Å². The summed E-state index contributed by atoms with van der Waals surface area (Å²) in [6.45, 7) is 2.03. The van der Waals surface area contributed by atoms with Crippen molar-refractivity contribution in [3.63, 3.8) is 0 Å². The van der Waals surface area contributed by atoms with E-state index in [2.05, 4.69) is 0 Å². The normalized spacial score (nSPS) is 12.6. The van der Waals surface area contributed by atoms with Crippen LogP contribution in [-0.4, -0.2) is 12.5 Å². The zero-order chi connectivity index (χ0) is 7.11. The van der Waals surface area contributed by atoms with Gasteiger partial charge in [0.2, 0.25) is 0 Å². The molecule has 1 atom stereocenters. The number of carbonyl (C=O) groups excluding carboxylic acids is 1. The predicted molar refractivity (Wildman–Crippen MR) is 37.9 cm³/mol. The van der Waals surface area contributed by atoms with Crippen LogP contribution < -0.4 is 0 Å². The Morgan fingerprint density at radius 2 is 2.33 bits per heavy atom. The van der Waals surface area contributed by atoms with E-state index in [-0.39, 0.29) is 0 Å². The molecule has 0 amide bonds. The largest absolute Gasteiger partial charge is 0.313 e. The van der Waals surface area contributed by atoms with Crippen LogP contribution in [0.2, 0.25) is 0 Å². The Bertz CT molecular complexity index is 90.9. The molecule has 0 spiro atoms. The highest BCUT2D eigenvalue weighted by Crippen LogP contribution is 2.05. The minimum atomic E-state index is 0.315. The van der Waals surface area contributed by atoms with Gasteiger partial charge in [-0.05, 0) is 25.0 Å². The summed E-state index contributed by atoms with van der Waals surface area (Å²) in [7, 11) is 0. The molecule has 1 unspecified atom stereocenters. The van der Waals surface area contributed by atoms with Crippen LogP contribution in [0.4, 0.5) is 0 Å². The number of hydrogen-bond acceptors (Lipinski definition) is 2. The van der Waals surface area contributed by atoms with Crippen LogP contribution >= 0.6 is 0 Å². The number of hydrogen-bond donors (Lipinski definition) is 1. The standard InChI is InChI=1S/C7H13NO/c1-2-7(6-8)4-3-5-9/h5-8H,2-4H2,1H3. The van der Waals surface area contributed by atoms with Crippen LogP contribution in [0.5, 0.6) is 0 Å². The molecule has 0 aliphatic rings. The summed E-state index contributed by atoms with van der Waals surface area (Å²) >= 11 is 0. The minimum absolute atomic E-state index is 0.315. The van der Waals surface area contributed by atoms with Crippen LogP contribution in [-0.2, 0) is 4.79 Å². The maximum atomic E-state index is 9.87. The smallest absolute Gasteiger partial charge is 0.120 e. The second-order valence-corrected chi connectivity index (χ2v) is 2.08. The van der Waals surface area contributed by atoms with Crippen molar-refractivity contribution in [3.8, 4) is 0 Å². The van der Waals surface area contributed by atoms with Crippen molar-refractivity contribution in [2.75, 3.05) is 0 Å². The number of aldehydes is 1. The third kappa shape index (κ3) is 3.88. The van der Waals surface area contributed by atoms with Gasteiger partial charge in [0.15, 0.2) is 0 Å². The molecule has 0 aromatic rings. The molecule has 0 aliphatic heterocycles. The van der Waals surface area contributed by atoms with E-state index in [0.717, 1.165) is 19.1 Å². The zero-order valence-corrected chi connectivity index (χ0v) is 5.76. The number of rotatable bonds is 5. The molecule has 0 rings (SSSR count). The zero-order valence-electron chi connectivity index (χ0n) is 5.76. The third-order valence-corrected chi connectivity index (χ3v) is 1.42. The molecular weight excluding hydrogens is 114 g/mol. The maximum absolute atomic E-state index is 9.87. The topological polar surface area (TPSA) is 40.9 Å². The van der Waals surface area contributed by atoms with E-state index in [1.54, 1.807) is 0 Å². The Kier molecular flexibility index (Phi) is 5.07. The third-order valence-electron chi connectivity index (χ3n) is 1.42. The average Bonchev–Trinajstić information content (AvgIpc) is 1.91. The molecule has 0 aromatic carbocycles. The van der Waals surface area contributed by atoms with Gasteiger partial charge in [-0.15, -0.1) is 0 Å². The first-order valence-electron chi connectivity index (χ1n) is 3.29. The molecule has 0 saturated heterocycles. The molecule has 1 N–H and O–H groups in total. The summed E-state index contributed by atoms with van der Waals surface area (Å²) in [6.07, 6.45) is 4.73. The molecule has 0 aromatic heterocycles. The average molecular weight is 127 g/mol. The van der Waals surface area contributed by atoms with E-state index in [1.807, 2.05) is 6.92 Å². The molecule has 0 aliphatic carbocycles. The fourth-order valence-electron chi connectivity index (χ4n) is 0.687. The van der Waals surface area contributed by atoms with Crippen molar-refractivity contribution in [1.82, 2.24) is 0 Å². The first kappa shape index (κ1) is 8.34. The van der Waals surface area contributed by atoms with Gasteiger partial charge < -0.3 is 10.2 Å². The quantitative estimate of drug-likeness (QED) is 0.442. The first-order valence-corrected chi connectivity index (χ1v) is 3.29. The molecule has 2 nitrogen and oxygen atoms in total. The number of carbonyl (C=O) groups is 1. The molecule has 0 fully saturated rings. The molecule has 2 heteroatoms. The van der Waals surface area contributed by atoms with Crippen molar-refractivity contribution in [3.05, 3.63) is 0 Å².